The van der Waals surface area contributed by atoms with Gasteiger partial charge in [-0.1, -0.05) is 29.8 Å². The molecule has 0 saturated heterocycles. The van der Waals surface area contributed by atoms with E-state index in [0.717, 1.165) is 5.56 Å². The van der Waals surface area contributed by atoms with Gasteiger partial charge >= 0.3 is 0 Å². The molecule has 0 unspecified atom stereocenters. The van der Waals surface area contributed by atoms with E-state index in [1.54, 1.807) is 24.3 Å². The van der Waals surface area contributed by atoms with Crippen LogP contribution in [0.15, 0.2) is 60.0 Å². The van der Waals surface area contributed by atoms with Gasteiger partial charge in [-0.25, -0.2) is 13.1 Å². The molecule has 0 aliphatic rings. The topological polar surface area (TPSA) is 75.3 Å². The number of benzene rings is 2. The lowest BCUT2D eigenvalue weighted by atomic mass is 10.1. The predicted molar refractivity (Wildman–Crippen MR) is 96.0 cm³/mol. The number of hydrogen-bond donors (Lipinski definition) is 2. The van der Waals surface area contributed by atoms with Gasteiger partial charge in [-0.05, 0) is 42.8 Å². The third kappa shape index (κ3) is 4.44. The van der Waals surface area contributed by atoms with E-state index in [9.17, 15) is 13.2 Å². The monoisotopic (exact) mass is 364 g/mol. The third-order valence-corrected chi connectivity index (χ3v) is 4.93. The second-order valence-electron chi connectivity index (χ2n) is 5.08. The minimum atomic E-state index is -3.69. The van der Waals surface area contributed by atoms with Crippen molar-refractivity contribution in [1.82, 2.24) is 4.72 Å². The number of rotatable bonds is 6. The van der Waals surface area contributed by atoms with Crippen LogP contribution in [0.25, 0.3) is 0 Å². The van der Waals surface area contributed by atoms with Crippen molar-refractivity contribution in [2.24, 2.45) is 0 Å². The van der Waals surface area contributed by atoms with Gasteiger partial charge in [0.1, 0.15) is 0 Å². The van der Waals surface area contributed by atoms with Crippen LogP contribution in [0.5, 0.6) is 0 Å². The summed E-state index contributed by atoms with van der Waals surface area (Å²) in [6.45, 7) is 5.41. The van der Waals surface area contributed by atoms with Crippen LogP contribution in [0.2, 0.25) is 5.02 Å². The predicted octanol–water partition coefficient (Wildman–Crippen LogP) is 3.37. The van der Waals surface area contributed by atoms with Crippen molar-refractivity contribution in [1.29, 1.82) is 0 Å². The first kappa shape index (κ1) is 18.2. The van der Waals surface area contributed by atoms with Gasteiger partial charge in [0.2, 0.25) is 10.0 Å². The molecule has 0 fully saturated rings. The minimum absolute atomic E-state index is 0.0137. The van der Waals surface area contributed by atoms with Gasteiger partial charge in [0, 0.05) is 22.8 Å². The lowest BCUT2D eigenvalue weighted by Gasteiger charge is -2.10. The van der Waals surface area contributed by atoms with Gasteiger partial charge in [-0.15, -0.1) is 6.58 Å². The van der Waals surface area contributed by atoms with E-state index in [0.29, 0.717) is 10.7 Å². The highest BCUT2D eigenvalue weighted by atomic mass is 35.5. The van der Waals surface area contributed by atoms with E-state index in [-0.39, 0.29) is 17.0 Å². The Bertz CT molecular complexity index is 879. The van der Waals surface area contributed by atoms with Crippen LogP contribution in [-0.2, 0) is 10.0 Å². The summed E-state index contributed by atoms with van der Waals surface area (Å²) in [4.78, 5) is 12.4. The molecule has 24 heavy (non-hydrogen) atoms. The van der Waals surface area contributed by atoms with Crippen molar-refractivity contribution < 1.29 is 13.2 Å². The lowest BCUT2D eigenvalue weighted by molar-refractivity contribution is 0.102. The first-order chi connectivity index (χ1) is 11.3. The van der Waals surface area contributed by atoms with E-state index in [4.69, 9.17) is 11.6 Å². The molecule has 0 aliphatic carbocycles. The van der Waals surface area contributed by atoms with E-state index in [1.807, 2.05) is 6.92 Å². The number of amides is 1. The number of anilines is 1. The molecule has 1 amide bonds. The molecule has 7 heteroatoms. The third-order valence-electron chi connectivity index (χ3n) is 3.27. The molecule has 126 valence electrons. The summed E-state index contributed by atoms with van der Waals surface area (Å²) in [6.07, 6.45) is 1.44. The zero-order valence-corrected chi connectivity index (χ0v) is 14.6. The fourth-order valence-corrected chi connectivity index (χ4v) is 3.20. The van der Waals surface area contributed by atoms with E-state index in [2.05, 4.69) is 16.6 Å². The van der Waals surface area contributed by atoms with Crippen LogP contribution in [0.4, 0.5) is 5.69 Å². The van der Waals surface area contributed by atoms with Crippen LogP contribution in [0, 0.1) is 6.92 Å². The summed E-state index contributed by atoms with van der Waals surface area (Å²) < 4.78 is 26.6. The largest absolute Gasteiger partial charge is 0.322 e. The van der Waals surface area contributed by atoms with Crippen molar-refractivity contribution in [2.75, 3.05) is 11.9 Å². The Kier molecular flexibility index (Phi) is 5.77. The fraction of sp³-hybridized carbons (Fsp3) is 0.118. The summed E-state index contributed by atoms with van der Waals surface area (Å²) in [5.41, 5.74) is 1.66. The molecule has 0 heterocycles. The standard InChI is InChI=1S/C17H17ClN2O3S/c1-3-9-19-24(22,23)15-6-4-5-13(10-15)17(21)20-16-11-14(18)8-7-12(16)2/h3-8,10-11,19H,1,9H2,2H3,(H,20,21). The number of sulfonamides is 1. The van der Waals surface area contributed by atoms with Gasteiger partial charge in [-0.2, -0.15) is 0 Å². The second kappa shape index (κ2) is 7.61. The lowest BCUT2D eigenvalue weighted by Crippen LogP contribution is -2.24. The highest BCUT2D eigenvalue weighted by molar-refractivity contribution is 7.89. The number of carbonyl (C=O) groups excluding carboxylic acids is 1. The molecule has 2 aromatic carbocycles. The first-order valence-corrected chi connectivity index (χ1v) is 8.98. The number of aryl methyl sites for hydroxylation is 1. The number of halogens is 1. The summed E-state index contributed by atoms with van der Waals surface area (Å²) in [5.74, 6) is -0.416. The van der Waals surface area contributed by atoms with Gasteiger partial charge in [0.15, 0.2) is 0 Å². The summed E-state index contributed by atoms with van der Waals surface area (Å²) in [7, 11) is -3.69. The normalized spacial score (nSPS) is 11.1. The van der Waals surface area contributed by atoms with Gasteiger partial charge in [0.05, 0.1) is 4.90 Å². The Morgan fingerprint density at radius 1 is 1.25 bits per heavy atom. The Balaban J connectivity index is 2.26. The molecule has 0 saturated carbocycles. The zero-order valence-electron chi connectivity index (χ0n) is 13.0. The van der Waals surface area contributed by atoms with Crippen molar-refractivity contribution in [3.05, 3.63) is 71.3 Å². The molecule has 2 rings (SSSR count). The number of carbonyl (C=O) groups is 1. The zero-order chi connectivity index (χ0) is 17.7. The highest BCUT2D eigenvalue weighted by Gasteiger charge is 2.16. The first-order valence-electron chi connectivity index (χ1n) is 7.11. The molecule has 2 aromatic rings. The SMILES string of the molecule is C=CCNS(=O)(=O)c1cccc(C(=O)Nc2cc(Cl)ccc2C)c1. The summed E-state index contributed by atoms with van der Waals surface area (Å²) in [6, 6.07) is 11.0. The Morgan fingerprint density at radius 3 is 2.71 bits per heavy atom. The second-order valence-corrected chi connectivity index (χ2v) is 7.29. The molecule has 5 nitrogen and oxygen atoms in total. The molecule has 0 radical (unpaired) electrons. The van der Waals surface area contributed by atoms with Gasteiger partial charge in [-0.3, -0.25) is 4.79 Å². The molecule has 2 N–H and O–H groups in total. The maximum absolute atomic E-state index is 12.4. The van der Waals surface area contributed by atoms with Crippen molar-refractivity contribution in [2.45, 2.75) is 11.8 Å². The van der Waals surface area contributed by atoms with E-state index in [1.165, 1.54) is 24.3 Å². The smallest absolute Gasteiger partial charge is 0.255 e. The Hall–Kier alpha value is -2.15. The van der Waals surface area contributed by atoms with Crippen LogP contribution in [-0.4, -0.2) is 20.9 Å². The van der Waals surface area contributed by atoms with Crippen molar-refractivity contribution in [3.63, 3.8) is 0 Å². The van der Waals surface area contributed by atoms with Gasteiger partial charge < -0.3 is 5.32 Å². The molecule has 0 atom stereocenters. The minimum Gasteiger partial charge on any atom is -0.322 e. The highest BCUT2D eigenvalue weighted by Crippen LogP contribution is 2.21. The quantitative estimate of drug-likeness (QED) is 0.772. The fourth-order valence-electron chi connectivity index (χ4n) is 1.98. The van der Waals surface area contributed by atoms with Crippen molar-refractivity contribution >= 4 is 33.2 Å². The van der Waals surface area contributed by atoms with Crippen LogP contribution >= 0.6 is 11.6 Å². The van der Waals surface area contributed by atoms with Gasteiger partial charge in [0.25, 0.3) is 5.91 Å². The Labute approximate surface area is 146 Å². The van der Waals surface area contributed by atoms with E-state index < -0.39 is 15.9 Å². The molecule has 0 bridgehead atoms. The maximum atomic E-state index is 12.4. The summed E-state index contributed by atoms with van der Waals surface area (Å²) in [5, 5.41) is 3.24. The molecule has 0 aliphatic heterocycles. The Morgan fingerprint density at radius 2 is 2.00 bits per heavy atom. The summed E-state index contributed by atoms with van der Waals surface area (Å²) >= 11 is 5.93. The molecular weight excluding hydrogens is 348 g/mol. The number of hydrogen-bond acceptors (Lipinski definition) is 3. The molecule has 0 aromatic heterocycles. The maximum Gasteiger partial charge on any atom is 0.255 e. The molecular formula is C17H17ClN2O3S. The molecule has 0 spiro atoms. The van der Waals surface area contributed by atoms with Crippen LogP contribution < -0.4 is 10.0 Å². The van der Waals surface area contributed by atoms with E-state index >= 15 is 0 Å². The average Bonchev–Trinajstić information content (AvgIpc) is 2.56. The van der Waals surface area contributed by atoms with Crippen LogP contribution in [0.3, 0.4) is 0 Å². The number of nitrogens with one attached hydrogen (secondary N) is 2. The van der Waals surface area contributed by atoms with Crippen LogP contribution in [0.1, 0.15) is 15.9 Å². The average molecular weight is 365 g/mol. The van der Waals surface area contributed by atoms with Crippen molar-refractivity contribution in [3.8, 4) is 0 Å².